The number of hydrogen-bond donors (Lipinski definition) is 8. The number of piperazine rings is 1. The molecule has 0 amide bonds. The standard InChI is InChI=1S/C4H10N2.BH3O3.H3O4P/c1-2-6-4-3-5-1;2-1(3)4;1-5(2,3)4/h5-6H,1-4H2;2-4H;(H3,1,2,3,4). The molecule has 1 fully saturated rings. The maximum absolute atomic E-state index is 8.88. The normalized spacial score (nSPS) is 15.3. The summed E-state index contributed by atoms with van der Waals surface area (Å²) in [4.78, 5) is 21.6. The van der Waals surface area contributed by atoms with Crippen LogP contribution in [0.4, 0.5) is 0 Å². The summed E-state index contributed by atoms with van der Waals surface area (Å²) in [5, 5.41) is 27.9. The van der Waals surface area contributed by atoms with Crippen molar-refractivity contribution in [3.05, 3.63) is 0 Å². The molecule has 92 valence electrons. The third-order valence-corrected chi connectivity index (χ3v) is 0.957. The van der Waals surface area contributed by atoms with E-state index in [1.807, 2.05) is 0 Å². The first-order chi connectivity index (χ1) is 6.73. The first-order valence-electron chi connectivity index (χ1n) is 3.97. The summed E-state index contributed by atoms with van der Waals surface area (Å²) in [6.45, 7) is 4.56. The molecule has 0 atom stereocenters. The summed E-state index contributed by atoms with van der Waals surface area (Å²) in [6.07, 6.45) is 0. The van der Waals surface area contributed by atoms with Gasteiger partial charge in [-0.05, 0) is 0 Å². The fraction of sp³-hybridized carbons (Fsp3) is 1.00. The minimum atomic E-state index is -4.64. The molecule has 1 aliphatic rings. The third kappa shape index (κ3) is 56.1. The lowest BCUT2D eigenvalue weighted by Crippen LogP contribution is -2.39. The van der Waals surface area contributed by atoms with Crippen LogP contribution < -0.4 is 10.6 Å². The van der Waals surface area contributed by atoms with E-state index in [-0.39, 0.29) is 0 Å². The van der Waals surface area contributed by atoms with E-state index in [1.54, 1.807) is 0 Å². The summed E-state index contributed by atoms with van der Waals surface area (Å²) < 4.78 is 8.88. The average molecular weight is 246 g/mol. The minimum absolute atomic E-state index is 1.14. The van der Waals surface area contributed by atoms with E-state index in [1.165, 1.54) is 0 Å². The fourth-order valence-electron chi connectivity index (χ4n) is 0.604. The van der Waals surface area contributed by atoms with Crippen LogP contribution in [0.1, 0.15) is 0 Å². The van der Waals surface area contributed by atoms with E-state index in [9.17, 15) is 0 Å². The molecule has 0 saturated carbocycles. The first kappa shape index (κ1) is 17.4. The molecule has 9 nitrogen and oxygen atoms in total. The van der Waals surface area contributed by atoms with Crippen LogP contribution in [0.25, 0.3) is 0 Å². The SMILES string of the molecule is C1CNCCN1.O=P(O)(O)O.OB(O)O. The predicted molar refractivity (Wildman–Crippen MR) is 52.4 cm³/mol. The Morgan fingerprint density at radius 3 is 1.07 bits per heavy atom. The smallest absolute Gasteiger partial charge is 0.402 e. The van der Waals surface area contributed by atoms with Crippen molar-refractivity contribution in [3.63, 3.8) is 0 Å². The van der Waals surface area contributed by atoms with E-state index in [0.29, 0.717) is 0 Å². The number of rotatable bonds is 0. The highest BCUT2D eigenvalue weighted by Crippen LogP contribution is 2.25. The minimum Gasteiger partial charge on any atom is -0.402 e. The topological polar surface area (TPSA) is 163 Å². The van der Waals surface area contributed by atoms with E-state index in [4.69, 9.17) is 34.3 Å². The van der Waals surface area contributed by atoms with Crippen molar-refractivity contribution >= 4 is 15.1 Å². The lowest BCUT2D eigenvalue weighted by Gasteiger charge is -2.11. The lowest BCUT2D eigenvalue weighted by atomic mass is 10.3. The Kier molecular flexibility index (Phi) is 12.2. The fourth-order valence-corrected chi connectivity index (χ4v) is 0.604. The van der Waals surface area contributed by atoms with Crippen LogP contribution >= 0.6 is 7.82 Å². The van der Waals surface area contributed by atoms with E-state index >= 15 is 0 Å². The van der Waals surface area contributed by atoms with E-state index in [2.05, 4.69) is 10.6 Å². The molecule has 0 radical (unpaired) electrons. The Hall–Kier alpha value is -0.0251. The molecule has 1 aliphatic heterocycles. The molecular formula is C4H16BN2O7P. The van der Waals surface area contributed by atoms with Gasteiger partial charge in [0.05, 0.1) is 0 Å². The monoisotopic (exact) mass is 246 g/mol. The van der Waals surface area contributed by atoms with E-state index in [0.717, 1.165) is 26.2 Å². The molecule has 1 rings (SSSR count). The zero-order valence-corrected chi connectivity index (χ0v) is 8.84. The molecule has 0 unspecified atom stereocenters. The molecule has 1 saturated heterocycles. The van der Waals surface area contributed by atoms with Gasteiger partial charge in [0.1, 0.15) is 0 Å². The summed E-state index contributed by atoms with van der Waals surface area (Å²) in [7, 11) is -6.81. The van der Waals surface area contributed by atoms with Gasteiger partial charge in [0.2, 0.25) is 0 Å². The Morgan fingerprint density at radius 1 is 0.867 bits per heavy atom. The van der Waals surface area contributed by atoms with Crippen molar-refractivity contribution in [3.8, 4) is 0 Å². The van der Waals surface area contributed by atoms with Gasteiger partial charge < -0.3 is 40.4 Å². The molecule has 0 bridgehead atoms. The Labute approximate surface area is 87.2 Å². The highest BCUT2D eigenvalue weighted by molar-refractivity contribution is 7.45. The van der Waals surface area contributed by atoms with Crippen LogP contribution in [0.3, 0.4) is 0 Å². The second-order valence-electron chi connectivity index (χ2n) is 2.36. The number of phosphoric acid groups is 1. The van der Waals surface area contributed by atoms with Crippen molar-refractivity contribution < 1.29 is 34.3 Å². The molecule has 1 heterocycles. The van der Waals surface area contributed by atoms with Crippen LogP contribution in [-0.2, 0) is 4.57 Å². The summed E-state index contributed by atoms with van der Waals surface area (Å²) in [5.41, 5.74) is 0. The molecule has 0 aromatic heterocycles. The average Bonchev–Trinajstić information content (AvgIpc) is 2.03. The molecule has 0 aromatic carbocycles. The molecule has 11 heteroatoms. The van der Waals surface area contributed by atoms with Crippen LogP contribution in [0.15, 0.2) is 0 Å². The van der Waals surface area contributed by atoms with Crippen molar-refractivity contribution in [2.45, 2.75) is 0 Å². The number of hydrogen-bond acceptors (Lipinski definition) is 6. The zero-order valence-electron chi connectivity index (χ0n) is 7.94. The molecular weight excluding hydrogens is 230 g/mol. The van der Waals surface area contributed by atoms with Crippen molar-refractivity contribution in [1.82, 2.24) is 10.6 Å². The Morgan fingerprint density at radius 2 is 1.00 bits per heavy atom. The van der Waals surface area contributed by atoms with Gasteiger partial charge in [0, 0.05) is 26.2 Å². The summed E-state index contributed by atoms with van der Waals surface area (Å²) in [5.74, 6) is 0. The second-order valence-corrected chi connectivity index (χ2v) is 3.39. The van der Waals surface area contributed by atoms with Gasteiger partial charge in [-0.1, -0.05) is 0 Å². The van der Waals surface area contributed by atoms with Crippen LogP contribution in [0.5, 0.6) is 0 Å². The first-order valence-corrected chi connectivity index (χ1v) is 5.54. The van der Waals surface area contributed by atoms with Gasteiger partial charge in [-0.25, -0.2) is 4.57 Å². The largest absolute Gasteiger partial charge is 0.631 e. The summed E-state index contributed by atoms with van der Waals surface area (Å²) in [6, 6.07) is 0. The predicted octanol–water partition coefficient (Wildman–Crippen LogP) is -3.80. The molecule has 0 aromatic rings. The van der Waals surface area contributed by atoms with Crippen molar-refractivity contribution in [2.24, 2.45) is 0 Å². The Bertz CT molecular complexity index is 150. The second kappa shape index (κ2) is 10.5. The van der Waals surface area contributed by atoms with Crippen molar-refractivity contribution in [1.29, 1.82) is 0 Å². The molecule has 8 N–H and O–H groups in total. The highest BCUT2D eigenvalue weighted by Gasteiger charge is 2.00. The summed E-state index contributed by atoms with van der Waals surface area (Å²) >= 11 is 0. The van der Waals surface area contributed by atoms with Crippen LogP contribution in [0, 0.1) is 0 Å². The molecule has 15 heavy (non-hydrogen) atoms. The molecule has 0 spiro atoms. The van der Waals surface area contributed by atoms with Gasteiger partial charge in [-0.15, -0.1) is 0 Å². The van der Waals surface area contributed by atoms with Gasteiger partial charge in [-0.2, -0.15) is 0 Å². The van der Waals surface area contributed by atoms with Gasteiger partial charge in [0.25, 0.3) is 0 Å². The maximum Gasteiger partial charge on any atom is 0.631 e. The quantitative estimate of drug-likeness (QED) is 0.158. The number of nitrogens with one attached hydrogen (secondary N) is 2. The third-order valence-electron chi connectivity index (χ3n) is 0.957. The van der Waals surface area contributed by atoms with Gasteiger partial charge in [0.15, 0.2) is 0 Å². The molecule has 0 aliphatic carbocycles. The van der Waals surface area contributed by atoms with Crippen molar-refractivity contribution in [2.75, 3.05) is 26.2 Å². The van der Waals surface area contributed by atoms with Gasteiger partial charge >= 0.3 is 15.1 Å². The Balaban J connectivity index is 0. The lowest BCUT2D eigenvalue weighted by molar-refractivity contribution is 0.274. The highest BCUT2D eigenvalue weighted by atomic mass is 31.2. The zero-order chi connectivity index (χ0) is 12.3. The van der Waals surface area contributed by atoms with Crippen LogP contribution in [-0.4, -0.2) is 63.3 Å². The van der Waals surface area contributed by atoms with Crippen LogP contribution in [0.2, 0.25) is 0 Å². The maximum atomic E-state index is 8.88. The van der Waals surface area contributed by atoms with Gasteiger partial charge in [-0.3, -0.25) is 0 Å². The van der Waals surface area contributed by atoms with E-state index < -0.39 is 15.1 Å².